The molecule has 0 aromatic heterocycles. The van der Waals surface area contributed by atoms with Gasteiger partial charge in [0.25, 0.3) is 0 Å². The Balaban J connectivity index is 2.15. The highest BCUT2D eigenvalue weighted by Crippen LogP contribution is 2.22. The van der Waals surface area contributed by atoms with E-state index < -0.39 is 0 Å². The van der Waals surface area contributed by atoms with Gasteiger partial charge in [0, 0.05) is 6.08 Å². The van der Waals surface area contributed by atoms with Crippen molar-refractivity contribution in [1.82, 2.24) is 0 Å². The molecule has 0 aliphatic carbocycles. The number of esters is 1. The maximum absolute atomic E-state index is 11.1. The van der Waals surface area contributed by atoms with E-state index in [0.717, 1.165) is 41.5 Å². The summed E-state index contributed by atoms with van der Waals surface area (Å²) in [7, 11) is 1.37. The molecule has 0 aliphatic rings. The Morgan fingerprint density at radius 2 is 1.90 bits per heavy atom. The Labute approximate surface area is 125 Å². The Hall–Kier alpha value is -2.29. The predicted molar refractivity (Wildman–Crippen MR) is 85.4 cm³/mol. The number of carbonyl (C=O) groups excluding carboxylic acids is 1. The minimum absolute atomic E-state index is 0.352. The molecule has 0 radical (unpaired) electrons. The van der Waals surface area contributed by atoms with Crippen molar-refractivity contribution < 1.29 is 14.3 Å². The van der Waals surface area contributed by atoms with Gasteiger partial charge in [-0.2, -0.15) is 0 Å². The van der Waals surface area contributed by atoms with E-state index >= 15 is 0 Å². The highest BCUT2D eigenvalue weighted by atomic mass is 16.5. The fourth-order valence-electron chi connectivity index (χ4n) is 2.00. The average Bonchev–Trinajstić information content (AvgIpc) is 2.52. The topological polar surface area (TPSA) is 35.5 Å². The van der Waals surface area contributed by atoms with Crippen molar-refractivity contribution in [3.05, 3.63) is 48.0 Å². The van der Waals surface area contributed by atoms with Crippen LogP contribution in [0, 0.1) is 0 Å². The van der Waals surface area contributed by atoms with Crippen LogP contribution in [-0.2, 0) is 9.53 Å². The second-order valence-corrected chi connectivity index (χ2v) is 4.83. The summed E-state index contributed by atoms with van der Waals surface area (Å²) in [6, 6.07) is 12.1. The van der Waals surface area contributed by atoms with Crippen molar-refractivity contribution >= 4 is 22.8 Å². The first-order valence-electron chi connectivity index (χ1n) is 7.15. The van der Waals surface area contributed by atoms with Crippen LogP contribution >= 0.6 is 0 Å². The summed E-state index contributed by atoms with van der Waals surface area (Å²) in [5.74, 6) is 0.545. The number of carbonyl (C=O) groups is 1. The van der Waals surface area contributed by atoms with E-state index in [0.29, 0.717) is 0 Å². The van der Waals surface area contributed by atoms with Crippen LogP contribution in [0.15, 0.2) is 42.5 Å². The average molecular weight is 284 g/mol. The van der Waals surface area contributed by atoms with Crippen molar-refractivity contribution in [3.63, 3.8) is 0 Å². The quantitative estimate of drug-likeness (QED) is 0.453. The van der Waals surface area contributed by atoms with Gasteiger partial charge in [-0.1, -0.05) is 31.5 Å². The molecule has 0 saturated carbocycles. The second-order valence-electron chi connectivity index (χ2n) is 4.83. The molecule has 0 unspecified atom stereocenters. The van der Waals surface area contributed by atoms with Crippen molar-refractivity contribution in [2.45, 2.75) is 19.8 Å². The number of unbranched alkanes of at least 4 members (excludes halogenated alkanes) is 1. The highest BCUT2D eigenvalue weighted by molar-refractivity contribution is 5.90. The molecular weight excluding hydrogens is 264 g/mol. The van der Waals surface area contributed by atoms with Gasteiger partial charge in [0.1, 0.15) is 5.75 Å². The zero-order valence-electron chi connectivity index (χ0n) is 12.5. The standard InChI is InChI=1S/C18H20O3/c1-3-4-11-21-17-9-8-15-12-14(5-7-16(15)13-17)6-10-18(19)20-2/h5-10,12-13H,3-4,11H2,1-2H3. The van der Waals surface area contributed by atoms with Crippen LogP contribution < -0.4 is 4.74 Å². The number of fused-ring (bicyclic) bond motifs is 1. The molecule has 0 heterocycles. The van der Waals surface area contributed by atoms with Gasteiger partial charge < -0.3 is 9.47 Å². The molecule has 0 saturated heterocycles. The first-order valence-corrected chi connectivity index (χ1v) is 7.15. The van der Waals surface area contributed by atoms with Gasteiger partial charge in [0.05, 0.1) is 13.7 Å². The van der Waals surface area contributed by atoms with Gasteiger partial charge in [0.2, 0.25) is 0 Å². The molecule has 2 aromatic carbocycles. The van der Waals surface area contributed by atoms with Crippen LogP contribution in [0.4, 0.5) is 0 Å². The van der Waals surface area contributed by atoms with Gasteiger partial charge in [-0.3, -0.25) is 0 Å². The lowest BCUT2D eigenvalue weighted by Crippen LogP contribution is -1.96. The van der Waals surface area contributed by atoms with Crippen LogP contribution in [-0.4, -0.2) is 19.7 Å². The van der Waals surface area contributed by atoms with E-state index in [9.17, 15) is 4.79 Å². The van der Waals surface area contributed by atoms with E-state index in [4.69, 9.17) is 4.74 Å². The predicted octanol–water partition coefficient (Wildman–Crippen LogP) is 4.20. The molecule has 3 nitrogen and oxygen atoms in total. The van der Waals surface area contributed by atoms with Gasteiger partial charge in [-0.15, -0.1) is 0 Å². The van der Waals surface area contributed by atoms with Gasteiger partial charge in [-0.25, -0.2) is 4.79 Å². The summed E-state index contributed by atoms with van der Waals surface area (Å²) in [6.07, 6.45) is 5.36. The molecule has 0 fully saturated rings. The second kappa shape index (κ2) is 7.48. The van der Waals surface area contributed by atoms with Gasteiger partial charge >= 0.3 is 5.97 Å². The minimum atomic E-state index is -0.352. The first kappa shape index (κ1) is 15.1. The molecule has 0 N–H and O–H groups in total. The van der Waals surface area contributed by atoms with Crippen molar-refractivity contribution in [2.24, 2.45) is 0 Å². The largest absolute Gasteiger partial charge is 0.494 e. The van der Waals surface area contributed by atoms with E-state index in [1.165, 1.54) is 13.2 Å². The van der Waals surface area contributed by atoms with Crippen LogP contribution in [0.2, 0.25) is 0 Å². The molecule has 0 bridgehead atoms. The SMILES string of the molecule is CCCCOc1ccc2cc(C=CC(=O)OC)ccc2c1. The molecule has 0 spiro atoms. The van der Waals surface area contributed by atoms with E-state index in [2.05, 4.69) is 11.7 Å². The Morgan fingerprint density at radius 1 is 1.14 bits per heavy atom. The number of hydrogen-bond donors (Lipinski definition) is 0. The number of hydrogen-bond acceptors (Lipinski definition) is 3. The zero-order chi connectivity index (χ0) is 15.1. The summed E-state index contributed by atoms with van der Waals surface area (Å²) in [6.45, 7) is 2.90. The van der Waals surface area contributed by atoms with Crippen molar-refractivity contribution in [3.8, 4) is 5.75 Å². The monoisotopic (exact) mass is 284 g/mol. The maximum Gasteiger partial charge on any atom is 0.330 e. The number of rotatable bonds is 6. The molecule has 2 rings (SSSR count). The molecule has 0 atom stereocenters. The third-order valence-electron chi connectivity index (χ3n) is 3.22. The van der Waals surface area contributed by atoms with Gasteiger partial charge in [-0.05, 0) is 47.0 Å². The van der Waals surface area contributed by atoms with Crippen LogP contribution in [0.3, 0.4) is 0 Å². The molecule has 2 aromatic rings. The van der Waals surface area contributed by atoms with Crippen LogP contribution in [0.1, 0.15) is 25.3 Å². The van der Waals surface area contributed by atoms with Gasteiger partial charge in [0.15, 0.2) is 0 Å². The highest BCUT2D eigenvalue weighted by Gasteiger charge is 1.99. The summed E-state index contributed by atoms with van der Waals surface area (Å²) in [5, 5.41) is 2.24. The normalized spacial score (nSPS) is 11.0. The smallest absolute Gasteiger partial charge is 0.330 e. The molecule has 110 valence electrons. The third-order valence-corrected chi connectivity index (χ3v) is 3.22. The third kappa shape index (κ3) is 4.35. The van der Waals surface area contributed by atoms with Crippen LogP contribution in [0.25, 0.3) is 16.8 Å². The molecular formula is C18H20O3. The fraction of sp³-hybridized carbons (Fsp3) is 0.278. The fourth-order valence-corrected chi connectivity index (χ4v) is 2.00. The lowest BCUT2D eigenvalue weighted by Gasteiger charge is -2.07. The zero-order valence-corrected chi connectivity index (χ0v) is 12.5. The molecule has 21 heavy (non-hydrogen) atoms. The summed E-state index contributed by atoms with van der Waals surface area (Å²) >= 11 is 0. The van der Waals surface area contributed by atoms with E-state index in [1.807, 2.05) is 36.4 Å². The maximum atomic E-state index is 11.1. The van der Waals surface area contributed by atoms with E-state index in [1.54, 1.807) is 6.08 Å². The Bertz CT molecular complexity index is 644. The lowest BCUT2D eigenvalue weighted by atomic mass is 10.1. The lowest BCUT2D eigenvalue weighted by molar-refractivity contribution is -0.134. The summed E-state index contributed by atoms with van der Waals surface area (Å²) in [5.41, 5.74) is 0.965. The minimum Gasteiger partial charge on any atom is -0.494 e. The van der Waals surface area contributed by atoms with E-state index in [-0.39, 0.29) is 5.97 Å². The Kier molecular flexibility index (Phi) is 5.38. The number of benzene rings is 2. The summed E-state index contributed by atoms with van der Waals surface area (Å²) in [4.78, 5) is 11.1. The molecule has 3 heteroatoms. The first-order chi connectivity index (χ1) is 10.2. The number of ether oxygens (including phenoxy) is 2. The summed E-state index contributed by atoms with van der Waals surface area (Å²) < 4.78 is 10.3. The van der Waals surface area contributed by atoms with Crippen LogP contribution in [0.5, 0.6) is 5.75 Å². The molecule has 0 aliphatic heterocycles. The van der Waals surface area contributed by atoms with Crippen molar-refractivity contribution in [2.75, 3.05) is 13.7 Å². The molecule has 0 amide bonds. The Morgan fingerprint density at radius 3 is 2.67 bits per heavy atom. The number of methoxy groups -OCH3 is 1. The van der Waals surface area contributed by atoms with Crippen molar-refractivity contribution in [1.29, 1.82) is 0 Å².